The lowest BCUT2D eigenvalue weighted by molar-refractivity contribution is 0.607. The van der Waals surface area contributed by atoms with Crippen molar-refractivity contribution in [2.45, 2.75) is 6.92 Å². The predicted octanol–water partition coefficient (Wildman–Crippen LogP) is 3.05. The van der Waals surface area contributed by atoms with Crippen LogP contribution in [0.2, 0.25) is 0 Å². The van der Waals surface area contributed by atoms with Gasteiger partial charge in [-0.2, -0.15) is 5.10 Å². The number of aromatic nitrogens is 2. The maximum atomic E-state index is 11.2. The Kier molecular flexibility index (Phi) is 4.51. The molecule has 0 aliphatic carbocycles. The Morgan fingerprint density at radius 3 is 2.50 bits per heavy atom. The van der Waals surface area contributed by atoms with E-state index in [-0.39, 0.29) is 0 Å². The molecule has 0 amide bonds. The Bertz CT molecular complexity index is 816. The van der Waals surface area contributed by atoms with Crippen molar-refractivity contribution in [3.63, 3.8) is 0 Å². The number of allylic oxidation sites excluding steroid dienone is 3. The highest BCUT2D eigenvalue weighted by Crippen LogP contribution is 2.28. The third kappa shape index (κ3) is 3.85. The second kappa shape index (κ2) is 6.19. The van der Waals surface area contributed by atoms with Crippen LogP contribution in [0.4, 0.5) is 5.69 Å². The summed E-state index contributed by atoms with van der Waals surface area (Å²) in [5.41, 5.74) is 4.40. The summed E-state index contributed by atoms with van der Waals surface area (Å²) in [4.78, 5) is 0. The van der Waals surface area contributed by atoms with Crippen LogP contribution in [0.25, 0.3) is 16.7 Å². The Hall–Kier alpha value is -2.34. The number of aryl methyl sites for hydroxylation is 1. The summed E-state index contributed by atoms with van der Waals surface area (Å²) < 4.78 is 26.7. The van der Waals surface area contributed by atoms with E-state index in [1.165, 1.54) is 0 Å². The van der Waals surface area contributed by atoms with E-state index in [1.807, 2.05) is 38.4 Å². The van der Waals surface area contributed by atoms with Gasteiger partial charge < -0.3 is 0 Å². The SMILES string of the molecule is C=C/C=C(\C)c1nn(C)cc1-c1ccc(NS(C)(=O)=O)cc1. The molecule has 0 fully saturated rings. The molecule has 5 nitrogen and oxygen atoms in total. The van der Waals surface area contributed by atoms with Gasteiger partial charge in [0.2, 0.25) is 10.0 Å². The van der Waals surface area contributed by atoms with Crippen molar-refractivity contribution < 1.29 is 8.42 Å². The molecule has 0 saturated carbocycles. The zero-order chi connectivity index (χ0) is 16.3. The first-order valence-electron chi connectivity index (χ1n) is 6.72. The van der Waals surface area contributed by atoms with Crippen molar-refractivity contribution in [2.75, 3.05) is 11.0 Å². The molecule has 0 aliphatic rings. The summed E-state index contributed by atoms with van der Waals surface area (Å²) in [5.74, 6) is 0. The monoisotopic (exact) mass is 317 g/mol. The molecule has 1 N–H and O–H groups in total. The zero-order valence-corrected chi connectivity index (χ0v) is 13.7. The van der Waals surface area contributed by atoms with Gasteiger partial charge in [0, 0.05) is 24.5 Å². The number of nitrogens with zero attached hydrogens (tertiary/aromatic N) is 2. The van der Waals surface area contributed by atoms with Gasteiger partial charge in [-0.05, 0) is 30.2 Å². The number of benzene rings is 1. The van der Waals surface area contributed by atoms with Crippen LogP contribution < -0.4 is 4.72 Å². The lowest BCUT2D eigenvalue weighted by atomic mass is 10.0. The highest BCUT2D eigenvalue weighted by molar-refractivity contribution is 7.92. The molecule has 6 heteroatoms. The van der Waals surface area contributed by atoms with Crippen molar-refractivity contribution in [1.29, 1.82) is 0 Å². The molecular formula is C16H19N3O2S. The first-order chi connectivity index (χ1) is 10.3. The van der Waals surface area contributed by atoms with Gasteiger partial charge in [-0.25, -0.2) is 8.42 Å². The fraction of sp³-hybridized carbons (Fsp3) is 0.188. The van der Waals surface area contributed by atoms with Crippen molar-refractivity contribution in [3.8, 4) is 11.1 Å². The van der Waals surface area contributed by atoms with Crippen LogP contribution in [-0.2, 0) is 17.1 Å². The highest BCUT2D eigenvalue weighted by Gasteiger charge is 2.11. The van der Waals surface area contributed by atoms with E-state index in [1.54, 1.807) is 22.9 Å². The average Bonchev–Trinajstić information content (AvgIpc) is 2.80. The molecule has 0 spiro atoms. The summed E-state index contributed by atoms with van der Waals surface area (Å²) in [7, 11) is -1.40. The van der Waals surface area contributed by atoms with Crippen molar-refractivity contribution in [3.05, 3.63) is 54.9 Å². The molecule has 116 valence electrons. The molecule has 0 saturated heterocycles. The molecule has 2 rings (SSSR count). The maximum Gasteiger partial charge on any atom is 0.229 e. The molecule has 1 aromatic carbocycles. The van der Waals surface area contributed by atoms with Gasteiger partial charge in [-0.3, -0.25) is 9.40 Å². The predicted molar refractivity (Wildman–Crippen MR) is 91.0 cm³/mol. The summed E-state index contributed by atoms with van der Waals surface area (Å²) in [6.45, 7) is 5.68. The van der Waals surface area contributed by atoms with Crippen LogP contribution in [0.5, 0.6) is 0 Å². The van der Waals surface area contributed by atoms with Gasteiger partial charge in [-0.15, -0.1) is 0 Å². The molecule has 0 bridgehead atoms. The van der Waals surface area contributed by atoms with Crippen LogP contribution in [0, 0.1) is 0 Å². The van der Waals surface area contributed by atoms with Gasteiger partial charge in [0.25, 0.3) is 0 Å². The molecule has 22 heavy (non-hydrogen) atoms. The molecule has 0 atom stereocenters. The second-order valence-corrected chi connectivity index (χ2v) is 6.85. The van der Waals surface area contributed by atoms with Crippen LogP contribution >= 0.6 is 0 Å². The van der Waals surface area contributed by atoms with Crippen molar-refractivity contribution >= 4 is 21.3 Å². The third-order valence-electron chi connectivity index (χ3n) is 3.07. The minimum atomic E-state index is -3.27. The minimum absolute atomic E-state index is 0.537. The van der Waals surface area contributed by atoms with E-state index in [4.69, 9.17) is 0 Å². The van der Waals surface area contributed by atoms with Gasteiger partial charge in [0.15, 0.2) is 0 Å². The Balaban J connectivity index is 2.41. The maximum absolute atomic E-state index is 11.2. The number of sulfonamides is 1. The lowest BCUT2D eigenvalue weighted by Crippen LogP contribution is -2.09. The summed E-state index contributed by atoms with van der Waals surface area (Å²) in [5, 5.41) is 4.48. The summed E-state index contributed by atoms with van der Waals surface area (Å²) in [6, 6.07) is 7.21. The smallest absolute Gasteiger partial charge is 0.229 e. The number of nitrogens with one attached hydrogen (secondary N) is 1. The van der Waals surface area contributed by atoms with Gasteiger partial charge in [-0.1, -0.05) is 30.9 Å². The van der Waals surface area contributed by atoms with Crippen molar-refractivity contribution in [2.24, 2.45) is 7.05 Å². The van der Waals surface area contributed by atoms with E-state index >= 15 is 0 Å². The number of hydrogen-bond acceptors (Lipinski definition) is 3. The topological polar surface area (TPSA) is 64.0 Å². The zero-order valence-electron chi connectivity index (χ0n) is 12.9. The van der Waals surface area contributed by atoms with E-state index in [9.17, 15) is 8.42 Å². The normalized spacial score (nSPS) is 12.2. The fourth-order valence-electron chi connectivity index (χ4n) is 2.18. The number of anilines is 1. The molecule has 0 unspecified atom stereocenters. The van der Waals surface area contributed by atoms with Gasteiger partial charge in [0.05, 0.1) is 11.9 Å². The lowest BCUT2D eigenvalue weighted by Gasteiger charge is -2.06. The molecule has 1 heterocycles. The quantitative estimate of drug-likeness (QED) is 0.862. The first kappa shape index (κ1) is 16.0. The van der Waals surface area contributed by atoms with Crippen LogP contribution in [0.1, 0.15) is 12.6 Å². The minimum Gasteiger partial charge on any atom is -0.284 e. The molecule has 0 radical (unpaired) electrons. The second-order valence-electron chi connectivity index (χ2n) is 5.10. The Labute approximate surface area is 131 Å². The average molecular weight is 317 g/mol. The van der Waals surface area contributed by atoms with Crippen LogP contribution in [0.15, 0.2) is 49.2 Å². The van der Waals surface area contributed by atoms with Crippen molar-refractivity contribution in [1.82, 2.24) is 9.78 Å². The van der Waals surface area contributed by atoms with Crippen LogP contribution in [-0.4, -0.2) is 24.5 Å². The van der Waals surface area contributed by atoms with Gasteiger partial charge >= 0.3 is 0 Å². The molecule has 0 aliphatic heterocycles. The molecule has 1 aromatic heterocycles. The Morgan fingerprint density at radius 2 is 1.95 bits per heavy atom. The van der Waals surface area contributed by atoms with Crippen LogP contribution in [0.3, 0.4) is 0 Å². The standard InChI is InChI=1S/C16H19N3O2S/c1-5-6-12(2)16-15(11-19(3)17-16)13-7-9-14(10-8-13)18-22(4,20)21/h5-11,18H,1H2,2-4H3/b12-6+. The summed E-state index contributed by atoms with van der Waals surface area (Å²) >= 11 is 0. The molecule has 2 aromatic rings. The number of hydrogen-bond donors (Lipinski definition) is 1. The first-order valence-corrected chi connectivity index (χ1v) is 8.61. The van der Waals surface area contributed by atoms with E-state index < -0.39 is 10.0 Å². The largest absolute Gasteiger partial charge is 0.284 e. The van der Waals surface area contributed by atoms with Gasteiger partial charge in [0.1, 0.15) is 0 Å². The third-order valence-corrected chi connectivity index (χ3v) is 3.68. The van der Waals surface area contributed by atoms with E-state index in [0.29, 0.717) is 5.69 Å². The molecular weight excluding hydrogens is 298 g/mol. The highest BCUT2D eigenvalue weighted by atomic mass is 32.2. The van der Waals surface area contributed by atoms with E-state index in [2.05, 4.69) is 16.4 Å². The fourth-order valence-corrected chi connectivity index (χ4v) is 2.74. The Morgan fingerprint density at radius 1 is 1.32 bits per heavy atom. The number of rotatable bonds is 5. The summed E-state index contributed by atoms with van der Waals surface area (Å²) in [6.07, 6.45) is 6.71. The van der Waals surface area contributed by atoms with E-state index in [0.717, 1.165) is 28.6 Å².